The molecule has 0 nitrogen and oxygen atoms in total. The van der Waals surface area contributed by atoms with Gasteiger partial charge in [-0.3, -0.25) is 0 Å². The van der Waals surface area contributed by atoms with Crippen molar-refractivity contribution in [1.82, 2.24) is 0 Å². The van der Waals surface area contributed by atoms with Crippen LogP contribution in [-0.2, 0) is 6.42 Å². The van der Waals surface area contributed by atoms with Crippen molar-refractivity contribution in [2.75, 3.05) is 0 Å². The van der Waals surface area contributed by atoms with Crippen LogP contribution in [0.2, 0.25) is 0 Å². The third kappa shape index (κ3) is 15.2. The highest BCUT2D eigenvalue weighted by molar-refractivity contribution is 5.15. The maximum Gasteiger partial charge on any atom is -0.0250 e. The van der Waals surface area contributed by atoms with E-state index in [1.54, 1.807) is 5.56 Å². The monoisotopic (exact) mass is 386 g/mol. The summed E-state index contributed by atoms with van der Waals surface area (Å²) in [6.07, 6.45) is 27.2. The van der Waals surface area contributed by atoms with Crippen molar-refractivity contribution in [2.45, 2.75) is 136 Å². The Bertz CT molecular complexity index is 387. The lowest BCUT2D eigenvalue weighted by Gasteiger charge is -2.17. The smallest absolute Gasteiger partial charge is 0.0250 e. The predicted octanol–water partition coefficient (Wildman–Crippen LogP) is 9.91. The van der Waals surface area contributed by atoms with E-state index in [0.717, 1.165) is 5.92 Å². The summed E-state index contributed by atoms with van der Waals surface area (Å²) in [7, 11) is 0. The SMILES string of the molecule is CCCCCCCCCCC(CCCCCCCCCC)Cc1ccccc1. The highest BCUT2D eigenvalue weighted by atomic mass is 14.2. The Balaban J connectivity index is 2.17. The van der Waals surface area contributed by atoms with Crippen molar-refractivity contribution in [2.24, 2.45) is 5.92 Å². The van der Waals surface area contributed by atoms with E-state index < -0.39 is 0 Å². The van der Waals surface area contributed by atoms with Gasteiger partial charge in [0, 0.05) is 0 Å². The van der Waals surface area contributed by atoms with Crippen LogP contribution in [0.25, 0.3) is 0 Å². The summed E-state index contributed by atoms with van der Waals surface area (Å²) < 4.78 is 0. The first-order chi connectivity index (χ1) is 13.9. The highest BCUT2D eigenvalue weighted by Gasteiger charge is 2.09. The molecule has 0 heterocycles. The van der Waals surface area contributed by atoms with Crippen LogP contribution in [0.4, 0.5) is 0 Å². The molecule has 0 aliphatic rings. The molecule has 0 aliphatic heterocycles. The number of unbranched alkanes of at least 4 members (excludes halogenated alkanes) is 14. The van der Waals surface area contributed by atoms with Crippen LogP contribution in [0.1, 0.15) is 135 Å². The third-order valence-corrected chi connectivity index (χ3v) is 6.30. The molecular weight excluding hydrogens is 336 g/mol. The highest BCUT2D eigenvalue weighted by Crippen LogP contribution is 2.23. The van der Waals surface area contributed by atoms with Crippen LogP contribution >= 0.6 is 0 Å². The molecule has 162 valence electrons. The zero-order valence-corrected chi connectivity index (χ0v) is 19.4. The normalized spacial score (nSPS) is 11.4. The average Bonchev–Trinajstić information content (AvgIpc) is 2.72. The van der Waals surface area contributed by atoms with Gasteiger partial charge in [-0.15, -0.1) is 0 Å². The van der Waals surface area contributed by atoms with Gasteiger partial charge in [-0.1, -0.05) is 160 Å². The molecule has 1 aromatic rings. The van der Waals surface area contributed by atoms with Gasteiger partial charge in [0.25, 0.3) is 0 Å². The van der Waals surface area contributed by atoms with Gasteiger partial charge >= 0.3 is 0 Å². The Hall–Kier alpha value is -0.780. The number of hydrogen-bond acceptors (Lipinski definition) is 0. The second-order valence-electron chi connectivity index (χ2n) is 9.08. The molecule has 0 radical (unpaired) electrons. The molecule has 0 fully saturated rings. The van der Waals surface area contributed by atoms with E-state index in [0.29, 0.717) is 0 Å². The van der Waals surface area contributed by atoms with Crippen LogP contribution in [0.5, 0.6) is 0 Å². The molecule has 0 saturated carbocycles. The van der Waals surface area contributed by atoms with E-state index in [1.807, 2.05) is 0 Å². The Kier molecular flexibility index (Phi) is 17.6. The summed E-state index contributed by atoms with van der Waals surface area (Å²) in [6, 6.07) is 11.2. The maximum atomic E-state index is 2.33. The molecule has 1 aromatic carbocycles. The Labute approximate surface area is 177 Å². The molecule has 0 N–H and O–H groups in total. The number of rotatable bonds is 20. The molecule has 0 atom stereocenters. The minimum absolute atomic E-state index is 0.905. The Morgan fingerprint density at radius 3 is 1.32 bits per heavy atom. The third-order valence-electron chi connectivity index (χ3n) is 6.30. The summed E-state index contributed by atoms with van der Waals surface area (Å²) >= 11 is 0. The topological polar surface area (TPSA) is 0 Å². The fraction of sp³-hybridized carbons (Fsp3) is 0.786. The first-order valence-corrected chi connectivity index (χ1v) is 12.9. The van der Waals surface area contributed by atoms with Crippen molar-refractivity contribution in [3.8, 4) is 0 Å². The average molecular weight is 387 g/mol. The van der Waals surface area contributed by atoms with Crippen LogP contribution in [0.3, 0.4) is 0 Å². The van der Waals surface area contributed by atoms with Crippen molar-refractivity contribution < 1.29 is 0 Å². The van der Waals surface area contributed by atoms with E-state index >= 15 is 0 Å². The number of benzene rings is 1. The van der Waals surface area contributed by atoms with Gasteiger partial charge in [-0.2, -0.15) is 0 Å². The summed E-state index contributed by atoms with van der Waals surface area (Å²) in [5.74, 6) is 0.905. The van der Waals surface area contributed by atoms with Crippen LogP contribution in [-0.4, -0.2) is 0 Å². The van der Waals surface area contributed by atoms with E-state index in [9.17, 15) is 0 Å². The molecule has 0 heteroatoms. The first kappa shape index (κ1) is 25.3. The zero-order chi connectivity index (χ0) is 20.1. The van der Waals surface area contributed by atoms with Gasteiger partial charge in [0.15, 0.2) is 0 Å². The predicted molar refractivity (Wildman–Crippen MR) is 128 cm³/mol. The molecule has 0 unspecified atom stereocenters. The molecule has 1 rings (SSSR count). The van der Waals surface area contributed by atoms with Crippen LogP contribution < -0.4 is 0 Å². The quantitative estimate of drug-likeness (QED) is 0.195. The second kappa shape index (κ2) is 19.5. The fourth-order valence-corrected chi connectivity index (χ4v) is 4.43. The first-order valence-electron chi connectivity index (χ1n) is 12.9. The molecule has 0 spiro atoms. The van der Waals surface area contributed by atoms with E-state index in [4.69, 9.17) is 0 Å². The molecular formula is C28H50. The van der Waals surface area contributed by atoms with E-state index in [2.05, 4.69) is 44.2 Å². The van der Waals surface area contributed by atoms with Crippen molar-refractivity contribution in [1.29, 1.82) is 0 Å². The molecule has 0 bridgehead atoms. The Morgan fingerprint density at radius 2 is 0.893 bits per heavy atom. The standard InChI is InChI=1S/C28H50/c1-3-5-7-9-11-13-15-18-22-27(26-28-24-20-17-21-25-28)23-19-16-14-12-10-8-6-4-2/h17,20-21,24-25,27H,3-16,18-19,22-23,26H2,1-2H3. The van der Waals surface area contributed by atoms with Crippen molar-refractivity contribution in [3.05, 3.63) is 35.9 Å². The molecule has 0 aromatic heterocycles. The lowest BCUT2D eigenvalue weighted by atomic mass is 9.88. The zero-order valence-electron chi connectivity index (χ0n) is 19.4. The molecule has 0 aliphatic carbocycles. The lowest BCUT2D eigenvalue weighted by molar-refractivity contribution is 0.400. The minimum Gasteiger partial charge on any atom is -0.0654 e. The summed E-state index contributed by atoms with van der Waals surface area (Å²) in [5, 5.41) is 0. The lowest BCUT2D eigenvalue weighted by Crippen LogP contribution is -2.05. The largest absolute Gasteiger partial charge is 0.0654 e. The summed E-state index contributed by atoms with van der Waals surface area (Å²) in [4.78, 5) is 0. The van der Waals surface area contributed by atoms with Gasteiger partial charge in [0.2, 0.25) is 0 Å². The van der Waals surface area contributed by atoms with Gasteiger partial charge in [0.05, 0.1) is 0 Å². The fourth-order valence-electron chi connectivity index (χ4n) is 4.43. The molecule has 0 amide bonds. The minimum atomic E-state index is 0.905. The van der Waals surface area contributed by atoms with Crippen LogP contribution in [0, 0.1) is 5.92 Å². The molecule has 28 heavy (non-hydrogen) atoms. The number of hydrogen-bond donors (Lipinski definition) is 0. The molecule has 0 saturated heterocycles. The van der Waals surface area contributed by atoms with E-state index in [1.165, 1.54) is 122 Å². The van der Waals surface area contributed by atoms with Crippen LogP contribution in [0.15, 0.2) is 30.3 Å². The van der Waals surface area contributed by atoms with E-state index in [-0.39, 0.29) is 0 Å². The van der Waals surface area contributed by atoms with Gasteiger partial charge < -0.3 is 0 Å². The van der Waals surface area contributed by atoms with Crippen molar-refractivity contribution >= 4 is 0 Å². The van der Waals surface area contributed by atoms with Gasteiger partial charge in [-0.25, -0.2) is 0 Å². The van der Waals surface area contributed by atoms with Gasteiger partial charge in [0.1, 0.15) is 0 Å². The second-order valence-corrected chi connectivity index (χ2v) is 9.08. The van der Waals surface area contributed by atoms with Gasteiger partial charge in [-0.05, 0) is 17.9 Å². The summed E-state index contributed by atoms with van der Waals surface area (Å²) in [6.45, 7) is 4.61. The maximum absolute atomic E-state index is 2.33. The van der Waals surface area contributed by atoms with Crippen molar-refractivity contribution in [3.63, 3.8) is 0 Å². The summed E-state index contributed by atoms with van der Waals surface area (Å²) in [5.41, 5.74) is 1.55. The Morgan fingerprint density at radius 1 is 0.500 bits per heavy atom.